The van der Waals surface area contributed by atoms with Gasteiger partial charge in [-0.3, -0.25) is 0 Å². The summed E-state index contributed by atoms with van der Waals surface area (Å²) in [4.78, 5) is 22.6. The molecule has 0 bridgehead atoms. The van der Waals surface area contributed by atoms with Crippen LogP contribution in [0, 0.1) is 0 Å². The van der Waals surface area contributed by atoms with Crippen molar-refractivity contribution in [3.8, 4) is 0 Å². The summed E-state index contributed by atoms with van der Waals surface area (Å²) in [5, 5.41) is 23.1. The number of carbonyl (C=O) groups is 2. The molecule has 1 aromatic carbocycles. The van der Waals surface area contributed by atoms with E-state index in [-0.39, 0.29) is 18.6 Å². The largest absolute Gasteiger partial charge is 0.488 e. The maximum absolute atomic E-state index is 11.6. The van der Waals surface area contributed by atoms with Gasteiger partial charge in [0.2, 0.25) is 0 Å². The fourth-order valence-corrected chi connectivity index (χ4v) is 1.38. The van der Waals surface area contributed by atoms with Crippen LogP contribution in [0.5, 0.6) is 0 Å². The Hall–Kier alpha value is -2.32. The van der Waals surface area contributed by atoms with Crippen molar-refractivity contribution in [3.63, 3.8) is 0 Å². The van der Waals surface area contributed by atoms with E-state index in [0.717, 1.165) is 0 Å². The van der Waals surface area contributed by atoms with Crippen molar-refractivity contribution >= 4 is 30.3 Å². The molecular formula is C13H17BN2O5. The lowest BCUT2D eigenvalue weighted by Crippen LogP contribution is -2.33. The van der Waals surface area contributed by atoms with Gasteiger partial charge in [0.05, 0.1) is 6.54 Å². The summed E-state index contributed by atoms with van der Waals surface area (Å²) >= 11 is 0. The van der Waals surface area contributed by atoms with Gasteiger partial charge in [-0.25, -0.2) is 9.59 Å². The third kappa shape index (κ3) is 6.11. The maximum atomic E-state index is 11.6. The molecule has 0 spiro atoms. The van der Waals surface area contributed by atoms with Crippen LogP contribution in [0.15, 0.2) is 36.4 Å². The molecule has 0 saturated heterocycles. The fourth-order valence-electron chi connectivity index (χ4n) is 1.38. The maximum Gasteiger partial charge on any atom is 0.488 e. The molecule has 0 unspecified atom stereocenters. The molecule has 0 aliphatic carbocycles. The van der Waals surface area contributed by atoms with E-state index >= 15 is 0 Å². The minimum Gasteiger partial charge on any atom is -0.460 e. The van der Waals surface area contributed by atoms with Crippen molar-refractivity contribution in [2.24, 2.45) is 0 Å². The van der Waals surface area contributed by atoms with Crippen LogP contribution in [0.25, 0.3) is 0 Å². The highest BCUT2D eigenvalue weighted by molar-refractivity contribution is 6.58. The smallest absolute Gasteiger partial charge is 0.460 e. The fraction of sp³-hybridized carbons (Fsp3) is 0.231. The molecule has 0 fully saturated rings. The summed E-state index contributed by atoms with van der Waals surface area (Å²) in [6.07, 6.45) is 0. The minimum absolute atomic E-state index is 0.0362. The number of carbonyl (C=O) groups excluding carboxylic acids is 2. The van der Waals surface area contributed by atoms with Crippen LogP contribution in [-0.2, 0) is 9.53 Å². The second kappa shape index (κ2) is 8.08. The Balaban J connectivity index is 2.35. The molecule has 0 aliphatic rings. The third-order valence-electron chi connectivity index (χ3n) is 2.41. The van der Waals surface area contributed by atoms with E-state index in [1.54, 1.807) is 12.1 Å². The van der Waals surface area contributed by atoms with E-state index in [9.17, 15) is 9.59 Å². The predicted molar refractivity (Wildman–Crippen MR) is 79.1 cm³/mol. The Morgan fingerprint density at radius 3 is 2.71 bits per heavy atom. The zero-order valence-electron chi connectivity index (χ0n) is 11.6. The van der Waals surface area contributed by atoms with Gasteiger partial charge in [-0.2, -0.15) is 0 Å². The molecule has 21 heavy (non-hydrogen) atoms. The Labute approximate surface area is 122 Å². The first-order chi connectivity index (χ1) is 9.90. The van der Waals surface area contributed by atoms with Crippen molar-refractivity contribution in [2.45, 2.75) is 6.92 Å². The number of ether oxygens (including phenoxy) is 1. The first kappa shape index (κ1) is 16.7. The van der Waals surface area contributed by atoms with Crippen LogP contribution < -0.4 is 16.1 Å². The minimum atomic E-state index is -1.60. The summed E-state index contributed by atoms with van der Waals surface area (Å²) in [6.45, 7) is 5.15. The van der Waals surface area contributed by atoms with E-state index in [4.69, 9.17) is 14.8 Å². The highest BCUT2D eigenvalue weighted by Crippen LogP contribution is 2.03. The number of urea groups is 1. The molecule has 0 aliphatic heterocycles. The van der Waals surface area contributed by atoms with Crippen LogP contribution in [0.1, 0.15) is 6.92 Å². The van der Waals surface area contributed by atoms with Crippen molar-refractivity contribution in [2.75, 3.05) is 18.5 Å². The highest BCUT2D eigenvalue weighted by atomic mass is 16.5. The lowest BCUT2D eigenvalue weighted by molar-refractivity contribution is -0.138. The van der Waals surface area contributed by atoms with Gasteiger partial charge in [-0.1, -0.05) is 18.7 Å². The highest BCUT2D eigenvalue weighted by Gasteiger charge is 2.11. The molecular weight excluding hydrogens is 275 g/mol. The number of hydrogen-bond acceptors (Lipinski definition) is 5. The molecule has 1 rings (SSSR count). The number of nitrogens with one attached hydrogen (secondary N) is 2. The van der Waals surface area contributed by atoms with Crippen molar-refractivity contribution < 1.29 is 24.4 Å². The molecule has 2 amide bonds. The molecule has 0 heterocycles. The molecule has 112 valence electrons. The van der Waals surface area contributed by atoms with Crippen molar-refractivity contribution in [1.82, 2.24) is 5.32 Å². The molecule has 0 aromatic heterocycles. The average molecular weight is 292 g/mol. The Bertz CT molecular complexity index is 533. The lowest BCUT2D eigenvalue weighted by atomic mass is 9.80. The van der Waals surface area contributed by atoms with Gasteiger partial charge < -0.3 is 25.4 Å². The molecule has 0 radical (unpaired) electrons. The monoisotopic (exact) mass is 292 g/mol. The number of hydrogen-bond donors (Lipinski definition) is 4. The number of benzene rings is 1. The Morgan fingerprint density at radius 1 is 1.38 bits per heavy atom. The standard InChI is InChI=1S/C13H17BN2O5/c1-9(2)12(17)21-7-6-15-13(18)16-11-5-3-4-10(8-11)14(19)20/h3-5,8,19-20H,1,6-7H2,2H3,(H2,15,16,18). The number of anilines is 1. The SMILES string of the molecule is C=C(C)C(=O)OCCNC(=O)Nc1cccc(B(O)O)c1. The molecule has 0 saturated carbocycles. The quantitative estimate of drug-likeness (QED) is 0.247. The number of rotatable bonds is 6. The summed E-state index contributed by atoms with van der Waals surface area (Å²) in [5.74, 6) is -0.512. The van der Waals surface area contributed by atoms with Crippen LogP contribution >= 0.6 is 0 Å². The van der Waals surface area contributed by atoms with Gasteiger partial charge in [-0.05, 0) is 24.5 Å². The van der Waals surface area contributed by atoms with Crippen LogP contribution in [-0.4, -0.2) is 42.3 Å². The summed E-state index contributed by atoms with van der Waals surface area (Å²) < 4.78 is 4.81. The van der Waals surface area contributed by atoms with Gasteiger partial charge in [0.25, 0.3) is 0 Å². The Morgan fingerprint density at radius 2 is 2.10 bits per heavy atom. The average Bonchev–Trinajstić information content (AvgIpc) is 2.43. The van der Waals surface area contributed by atoms with Gasteiger partial charge in [0.1, 0.15) is 6.61 Å². The predicted octanol–water partition coefficient (Wildman–Crippen LogP) is -0.393. The first-order valence-corrected chi connectivity index (χ1v) is 6.23. The number of esters is 1. The van der Waals surface area contributed by atoms with Gasteiger partial charge in [0, 0.05) is 11.3 Å². The van der Waals surface area contributed by atoms with Crippen LogP contribution in [0.2, 0.25) is 0 Å². The van der Waals surface area contributed by atoms with E-state index < -0.39 is 19.1 Å². The van der Waals surface area contributed by atoms with Crippen LogP contribution in [0.4, 0.5) is 10.5 Å². The van der Waals surface area contributed by atoms with Crippen molar-refractivity contribution in [3.05, 3.63) is 36.4 Å². The Kier molecular flexibility index (Phi) is 6.44. The third-order valence-corrected chi connectivity index (χ3v) is 2.41. The summed E-state index contributed by atoms with van der Waals surface area (Å²) in [7, 11) is -1.60. The molecule has 4 N–H and O–H groups in total. The van der Waals surface area contributed by atoms with E-state index in [1.165, 1.54) is 19.1 Å². The zero-order valence-corrected chi connectivity index (χ0v) is 11.6. The first-order valence-electron chi connectivity index (χ1n) is 6.23. The molecule has 8 heteroatoms. The van der Waals surface area contributed by atoms with E-state index in [1.807, 2.05) is 0 Å². The van der Waals surface area contributed by atoms with Gasteiger partial charge >= 0.3 is 19.1 Å². The lowest BCUT2D eigenvalue weighted by Gasteiger charge is -2.09. The zero-order chi connectivity index (χ0) is 15.8. The second-order valence-electron chi connectivity index (χ2n) is 4.30. The van der Waals surface area contributed by atoms with Crippen LogP contribution in [0.3, 0.4) is 0 Å². The molecule has 0 atom stereocenters. The topological polar surface area (TPSA) is 108 Å². The summed E-state index contributed by atoms with van der Waals surface area (Å²) in [6, 6.07) is 5.65. The number of amides is 2. The summed E-state index contributed by atoms with van der Waals surface area (Å²) in [5.41, 5.74) is 0.971. The normalized spacial score (nSPS) is 9.67. The van der Waals surface area contributed by atoms with E-state index in [0.29, 0.717) is 11.3 Å². The van der Waals surface area contributed by atoms with Gasteiger partial charge in [-0.15, -0.1) is 0 Å². The second-order valence-corrected chi connectivity index (χ2v) is 4.30. The van der Waals surface area contributed by atoms with Crippen molar-refractivity contribution in [1.29, 1.82) is 0 Å². The molecule has 7 nitrogen and oxygen atoms in total. The molecule has 1 aromatic rings. The van der Waals surface area contributed by atoms with E-state index in [2.05, 4.69) is 17.2 Å². The van der Waals surface area contributed by atoms with Gasteiger partial charge in [0.15, 0.2) is 0 Å².